The number of esters is 1. The summed E-state index contributed by atoms with van der Waals surface area (Å²) in [4.78, 5) is 26.8. The van der Waals surface area contributed by atoms with Crippen molar-refractivity contribution in [1.29, 1.82) is 0 Å². The lowest BCUT2D eigenvalue weighted by molar-refractivity contribution is -0.126. The molecule has 1 amide bonds. The highest BCUT2D eigenvalue weighted by molar-refractivity contribution is 5.99. The van der Waals surface area contributed by atoms with Crippen molar-refractivity contribution in [1.82, 2.24) is 0 Å². The van der Waals surface area contributed by atoms with Gasteiger partial charge in [-0.3, -0.25) is 4.79 Å². The second-order valence-electron chi connectivity index (χ2n) is 6.54. The summed E-state index contributed by atoms with van der Waals surface area (Å²) in [5.74, 6) is -0.147. The number of carbonyl (C=O) groups excluding carboxylic acids is 2. The SMILES string of the molecule is C[C@@H](OC(=O)c1ccccc1COc1ccccc1)C(=O)N(C)c1ccccc1. The number of anilines is 1. The number of ether oxygens (including phenoxy) is 2. The molecule has 0 aliphatic carbocycles. The van der Waals surface area contributed by atoms with Crippen molar-refractivity contribution in [2.75, 3.05) is 11.9 Å². The molecule has 0 aliphatic heterocycles. The van der Waals surface area contributed by atoms with Crippen molar-refractivity contribution in [3.05, 3.63) is 96.1 Å². The highest BCUT2D eigenvalue weighted by atomic mass is 16.5. The van der Waals surface area contributed by atoms with Crippen LogP contribution in [0.1, 0.15) is 22.8 Å². The molecular formula is C24H23NO4. The Morgan fingerprint density at radius 2 is 1.45 bits per heavy atom. The summed E-state index contributed by atoms with van der Waals surface area (Å²) in [6, 6.07) is 25.6. The maximum atomic E-state index is 12.7. The molecule has 0 fully saturated rings. The molecule has 0 spiro atoms. The van der Waals surface area contributed by atoms with E-state index in [-0.39, 0.29) is 12.5 Å². The van der Waals surface area contributed by atoms with E-state index in [1.807, 2.05) is 72.8 Å². The lowest BCUT2D eigenvalue weighted by Crippen LogP contribution is -2.37. The standard InChI is InChI=1S/C24H23NO4/c1-18(23(26)25(2)20-12-5-3-6-13-20)29-24(27)22-16-10-9-11-19(22)17-28-21-14-7-4-8-15-21/h3-16,18H,17H2,1-2H3/t18-/m1/s1. The first-order valence-corrected chi connectivity index (χ1v) is 9.35. The molecule has 0 aliphatic rings. The first kappa shape index (κ1) is 20.1. The normalized spacial score (nSPS) is 11.4. The molecule has 0 heterocycles. The minimum atomic E-state index is -0.921. The zero-order valence-corrected chi connectivity index (χ0v) is 16.4. The van der Waals surface area contributed by atoms with E-state index in [4.69, 9.17) is 9.47 Å². The van der Waals surface area contributed by atoms with Gasteiger partial charge in [0.25, 0.3) is 5.91 Å². The van der Waals surface area contributed by atoms with Crippen LogP contribution in [0.3, 0.4) is 0 Å². The van der Waals surface area contributed by atoms with Crippen LogP contribution < -0.4 is 9.64 Å². The molecule has 3 aromatic rings. The maximum absolute atomic E-state index is 12.7. The van der Waals surface area contributed by atoms with Gasteiger partial charge in [0.2, 0.25) is 0 Å². The molecule has 0 radical (unpaired) electrons. The molecule has 0 N–H and O–H groups in total. The number of benzene rings is 3. The molecule has 3 aromatic carbocycles. The van der Waals surface area contributed by atoms with Crippen LogP contribution in [0.25, 0.3) is 0 Å². The molecule has 0 bridgehead atoms. The van der Waals surface area contributed by atoms with Crippen LogP contribution in [0.4, 0.5) is 5.69 Å². The minimum Gasteiger partial charge on any atom is -0.489 e. The molecule has 0 unspecified atom stereocenters. The number of rotatable bonds is 7. The van der Waals surface area contributed by atoms with Gasteiger partial charge in [-0.25, -0.2) is 4.79 Å². The van der Waals surface area contributed by atoms with E-state index in [0.29, 0.717) is 16.9 Å². The number of hydrogen-bond acceptors (Lipinski definition) is 4. The Morgan fingerprint density at radius 3 is 2.14 bits per heavy atom. The Hall–Kier alpha value is -3.60. The Kier molecular flexibility index (Phi) is 6.63. The molecule has 0 saturated carbocycles. The number of para-hydroxylation sites is 2. The average molecular weight is 389 g/mol. The third-order valence-corrected chi connectivity index (χ3v) is 4.48. The lowest BCUT2D eigenvalue weighted by atomic mass is 10.1. The quantitative estimate of drug-likeness (QED) is 0.559. The summed E-state index contributed by atoms with van der Waals surface area (Å²) in [6.45, 7) is 1.80. The van der Waals surface area contributed by atoms with Crippen LogP contribution in [0.2, 0.25) is 0 Å². The van der Waals surface area contributed by atoms with Gasteiger partial charge >= 0.3 is 5.97 Å². The third kappa shape index (κ3) is 5.23. The smallest absolute Gasteiger partial charge is 0.339 e. The highest BCUT2D eigenvalue weighted by Crippen LogP contribution is 2.18. The third-order valence-electron chi connectivity index (χ3n) is 4.48. The van der Waals surface area contributed by atoms with E-state index in [1.54, 1.807) is 26.1 Å². The van der Waals surface area contributed by atoms with Gasteiger partial charge < -0.3 is 14.4 Å². The van der Waals surface area contributed by atoms with Crippen LogP contribution in [0, 0.1) is 0 Å². The predicted octanol–water partition coefficient (Wildman–Crippen LogP) is 4.47. The Balaban J connectivity index is 1.66. The van der Waals surface area contributed by atoms with Crippen molar-refractivity contribution in [2.24, 2.45) is 0 Å². The van der Waals surface area contributed by atoms with Gasteiger partial charge in [0, 0.05) is 18.3 Å². The van der Waals surface area contributed by atoms with E-state index in [9.17, 15) is 9.59 Å². The number of amides is 1. The van der Waals surface area contributed by atoms with Crippen LogP contribution >= 0.6 is 0 Å². The average Bonchev–Trinajstić information content (AvgIpc) is 2.78. The molecule has 0 aromatic heterocycles. The second-order valence-corrected chi connectivity index (χ2v) is 6.54. The fourth-order valence-corrected chi connectivity index (χ4v) is 2.85. The largest absolute Gasteiger partial charge is 0.489 e. The van der Waals surface area contributed by atoms with Crippen molar-refractivity contribution >= 4 is 17.6 Å². The van der Waals surface area contributed by atoms with Crippen LogP contribution in [-0.4, -0.2) is 25.0 Å². The Labute approximate surface area is 170 Å². The summed E-state index contributed by atoms with van der Waals surface area (Å²) in [5, 5.41) is 0. The van der Waals surface area contributed by atoms with E-state index in [2.05, 4.69) is 0 Å². The van der Waals surface area contributed by atoms with Gasteiger partial charge in [-0.1, -0.05) is 54.6 Å². The van der Waals surface area contributed by atoms with Gasteiger partial charge in [0.15, 0.2) is 6.10 Å². The van der Waals surface area contributed by atoms with Crippen molar-refractivity contribution in [3.63, 3.8) is 0 Å². The topological polar surface area (TPSA) is 55.8 Å². The zero-order valence-electron chi connectivity index (χ0n) is 16.4. The number of carbonyl (C=O) groups is 2. The first-order chi connectivity index (χ1) is 14.1. The summed E-state index contributed by atoms with van der Waals surface area (Å²) < 4.78 is 11.2. The van der Waals surface area contributed by atoms with E-state index in [0.717, 1.165) is 5.69 Å². The Bertz CT molecular complexity index is 957. The molecule has 1 atom stereocenters. The van der Waals surface area contributed by atoms with E-state index < -0.39 is 12.1 Å². The summed E-state index contributed by atoms with van der Waals surface area (Å²) >= 11 is 0. The molecular weight excluding hydrogens is 366 g/mol. The van der Waals surface area contributed by atoms with Gasteiger partial charge in [0.05, 0.1) is 5.56 Å². The Morgan fingerprint density at radius 1 is 0.862 bits per heavy atom. The maximum Gasteiger partial charge on any atom is 0.339 e. The van der Waals surface area contributed by atoms with Gasteiger partial charge in [-0.15, -0.1) is 0 Å². The summed E-state index contributed by atoms with van der Waals surface area (Å²) in [7, 11) is 1.66. The van der Waals surface area contributed by atoms with Gasteiger partial charge in [-0.2, -0.15) is 0 Å². The molecule has 5 heteroatoms. The monoisotopic (exact) mass is 389 g/mol. The summed E-state index contributed by atoms with van der Waals surface area (Å²) in [5.41, 5.74) is 1.81. The number of nitrogens with zero attached hydrogens (tertiary/aromatic N) is 1. The van der Waals surface area contributed by atoms with Crippen molar-refractivity contribution in [2.45, 2.75) is 19.6 Å². The predicted molar refractivity (Wildman–Crippen MR) is 112 cm³/mol. The second kappa shape index (κ2) is 9.55. The van der Waals surface area contributed by atoms with Crippen molar-refractivity contribution < 1.29 is 19.1 Å². The molecule has 29 heavy (non-hydrogen) atoms. The highest BCUT2D eigenvalue weighted by Gasteiger charge is 2.24. The number of likely N-dealkylation sites (N-methyl/N-ethyl adjacent to an activating group) is 1. The van der Waals surface area contributed by atoms with E-state index in [1.165, 1.54) is 4.90 Å². The zero-order chi connectivity index (χ0) is 20.6. The molecule has 5 nitrogen and oxygen atoms in total. The van der Waals surface area contributed by atoms with Crippen LogP contribution in [0.15, 0.2) is 84.9 Å². The van der Waals surface area contributed by atoms with Crippen molar-refractivity contribution in [3.8, 4) is 5.75 Å². The molecule has 148 valence electrons. The van der Waals surface area contributed by atoms with E-state index >= 15 is 0 Å². The number of hydrogen-bond donors (Lipinski definition) is 0. The van der Waals surface area contributed by atoms with Crippen LogP contribution in [-0.2, 0) is 16.1 Å². The fraction of sp³-hybridized carbons (Fsp3) is 0.167. The lowest BCUT2D eigenvalue weighted by Gasteiger charge is -2.22. The van der Waals surface area contributed by atoms with Crippen LogP contribution in [0.5, 0.6) is 5.75 Å². The van der Waals surface area contributed by atoms with Gasteiger partial charge in [-0.05, 0) is 37.3 Å². The fourth-order valence-electron chi connectivity index (χ4n) is 2.85. The summed E-state index contributed by atoms with van der Waals surface area (Å²) in [6.07, 6.45) is -0.921. The van der Waals surface area contributed by atoms with Gasteiger partial charge in [0.1, 0.15) is 12.4 Å². The molecule has 0 saturated heterocycles. The minimum absolute atomic E-state index is 0.224. The molecule has 3 rings (SSSR count). The first-order valence-electron chi connectivity index (χ1n) is 9.35.